The Labute approximate surface area is 213 Å². The lowest BCUT2D eigenvalue weighted by Crippen LogP contribution is -2.37. The first kappa shape index (κ1) is 23.9. The smallest absolute Gasteiger partial charge is 0.335 e. The number of nitrogens with one attached hydrogen (secondary N) is 3. The van der Waals surface area contributed by atoms with Crippen molar-refractivity contribution in [1.29, 1.82) is 0 Å². The van der Waals surface area contributed by atoms with Crippen molar-refractivity contribution in [3.05, 3.63) is 94.0 Å². The van der Waals surface area contributed by atoms with Gasteiger partial charge in [-0.3, -0.25) is 10.1 Å². The number of carboxylic acid groups (broad SMARTS) is 1. The molecule has 5 rings (SSSR count). The summed E-state index contributed by atoms with van der Waals surface area (Å²) < 4.78 is 19.5. The number of carbonyl (C=O) groups excluding carboxylic acids is 1. The molecule has 4 N–H and O–H groups in total. The normalized spacial score (nSPS) is 15.2. The number of guanidine groups is 1. The maximum atomic E-state index is 14.0. The van der Waals surface area contributed by atoms with Crippen molar-refractivity contribution < 1.29 is 23.5 Å². The topological polar surface area (TPSA) is 142 Å². The second kappa shape index (κ2) is 9.70. The van der Waals surface area contributed by atoms with Crippen molar-refractivity contribution in [3.63, 3.8) is 0 Å². The lowest BCUT2D eigenvalue weighted by molar-refractivity contribution is -0.113. The predicted octanol–water partition coefficient (Wildman–Crippen LogP) is 4.74. The maximum Gasteiger partial charge on any atom is 0.335 e. The molecule has 0 saturated carbocycles. The average Bonchev–Trinajstić information content (AvgIpc) is 3.28. The lowest BCUT2D eigenvalue weighted by Gasteiger charge is -2.26. The van der Waals surface area contributed by atoms with Gasteiger partial charge in [-0.05, 0) is 37.3 Å². The number of nitrogens with zero attached hydrogens (tertiary/aromatic N) is 3. The number of carboxylic acids is 1. The van der Waals surface area contributed by atoms with Crippen molar-refractivity contribution >= 4 is 52.4 Å². The van der Waals surface area contributed by atoms with Gasteiger partial charge in [0.2, 0.25) is 5.96 Å². The van der Waals surface area contributed by atoms with E-state index in [1.807, 2.05) is 0 Å². The van der Waals surface area contributed by atoms with Gasteiger partial charge >= 0.3 is 12.0 Å². The Hall–Kier alpha value is -4.77. The zero-order valence-electron chi connectivity index (χ0n) is 19.1. The Morgan fingerprint density at radius 1 is 1.16 bits per heavy atom. The SMILES string of the molecule is CC1=C(C(=O)Nc2cc(C(=O)O)ccn2)C(c2ccccc2Cl)N=C(Nc2nc3cccc(F)c3o2)N1. The number of aromatic carboxylic acids is 1. The first-order valence-corrected chi connectivity index (χ1v) is 11.3. The summed E-state index contributed by atoms with van der Waals surface area (Å²) in [5.74, 6) is -2.01. The van der Waals surface area contributed by atoms with Gasteiger partial charge in [0.05, 0.1) is 11.1 Å². The number of carbonyl (C=O) groups is 2. The molecule has 1 atom stereocenters. The fraction of sp³-hybridized carbons (Fsp3) is 0.0800. The Kier molecular flexibility index (Phi) is 6.28. The molecule has 2 aromatic heterocycles. The number of aromatic nitrogens is 2. The van der Waals surface area contributed by atoms with Crippen molar-refractivity contribution in [2.24, 2.45) is 4.99 Å². The van der Waals surface area contributed by atoms with Gasteiger partial charge in [0.25, 0.3) is 5.91 Å². The number of amides is 1. The molecule has 3 heterocycles. The van der Waals surface area contributed by atoms with E-state index in [0.29, 0.717) is 21.8 Å². The van der Waals surface area contributed by atoms with E-state index in [1.54, 1.807) is 37.3 Å². The van der Waals surface area contributed by atoms with Gasteiger partial charge in [-0.1, -0.05) is 35.9 Å². The average molecular weight is 521 g/mol. The molecule has 2 aromatic carbocycles. The fourth-order valence-corrected chi connectivity index (χ4v) is 4.08. The zero-order chi connectivity index (χ0) is 26.1. The molecule has 10 nitrogen and oxygen atoms in total. The van der Waals surface area contributed by atoms with Gasteiger partial charge in [0.1, 0.15) is 17.4 Å². The van der Waals surface area contributed by atoms with E-state index >= 15 is 0 Å². The summed E-state index contributed by atoms with van der Waals surface area (Å²) in [7, 11) is 0. The maximum absolute atomic E-state index is 14.0. The number of allylic oxidation sites excluding steroid dienone is 1. The van der Waals surface area contributed by atoms with Crippen molar-refractivity contribution in [2.45, 2.75) is 13.0 Å². The molecule has 0 bridgehead atoms. The van der Waals surface area contributed by atoms with Crippen molar-refractivity contribution in [3.8, 4) is 0 Å². The summed E-state index contributed by atoms with van der Waals surface area (Å²) in [4.78, 5) is 37.5. The van der Waals surface area contributed by atoms with E-state index in [4.69, 9.17) is 16.0 Å². The number of hydrogen-bond donors (Lipinski definition) is 4. The van der Waals surface area contributed by atoms with Crippen LogP contribution < -0.4 is 16.0 Å². The highest BCUT2D eigenvalue weighted by atomic mass is 35.5. The third-order valence-electron chi connectivity index (χ3n) is 5.53. The Morgan fingerprint density at radius 2 is 1.97 bits per heavy atom. The van der Waals surface area contributed by atoms with Crippen LogP contribution in [-0.4, -0.2) is 32.9 Å². The highest BCUT2D eigenvalue weighted by molar-refractivity contribution is 6.31. The highest BCUT2D eigenvalue weighted by Crippen LogP contribution is 2.35. The van der Waals surface area contributed by atoms with E-state index in [1.165, 1.54) is 30.5 Å². The molecule has 1 aliphatic rings. The van der Waals surface area contributed by atoms with E-state index in [0.717, 1.165) is 0 Å². The van der Waals surface area contributed by atoms with Crippen LogP contribution in [-0.2, 0) is 4.79 Å². The first-order chi connectivity index (χ1) is 17.8. The van der Waals surface area contributed by atoms with Crippen LogP contribution in [0.3, 0.4) is 0 Å². The number of fused-ring (bicyclic) bond motifs is 1. The quantitative estimate of drug-likeness (QED) is 0.295. The number of pyridine rings is 1. The van der Waals surface area contributed by atoms with Crippen LogP contribution in [0.4, 0.5) is 16.2 Å². The van der Waals surface area contributed by atoms with E-state index in [-0.39, 0.29) is 34.5 Å². The minimum Gasteiger partial charge on any atom is -0.478 e. The van der Waals surface area contributed by atoms with Crippen molar-refractivity contribution in [1.82, 2.24) is 15.3 Å². The summed E-state index contributed by atoms with van der Waals surface area (Å²) in [6, 6.07) is 13.0. The van der Waals surface area contributed by atoms with Crippen LogP contribution in [0.15, 0.2) is 81.5 Å². The molecule has 12 heteroatoms. The third-order valence-corrected chi connectivity index (χ3v) is 5.87. The van der Waals surface area contributed by atoms with E-state index in [9.17, 15) is 19.1 Å². The number of para-hydroxylation sites is 1. The predicted molar refractivity (Wildman–Crippen MR) is 135 cm³/mol. The molecule has 1 unspecified atom stereocenters. The minimum atomic E-state index is -1.15. The minimum absolute atomic E-state index is 0.000328. The molecule has 1 aliphatic heterocycles. The number of aliphatic imine (C=N–C) groups is 1. The number of rotatable bonds is 5. The molecule has 0 fully saturated rings. The second-order valence-corrected chi connectivity index (χ2v) is 8.39. The first-order valence-electron chi connectivity index (χ1n) is 10.9. The molecule has 0 radical (unpaired) electrons. The second-order valence-electron chi connectivity index (χ2n) is 7.99. The molecule has 0 saturated heterocycles. The van der Waals surface area contributed by atoms with Crippen LogP contribution in [0, 0.1) is 5.82 Å². The number of anilines is 2. The van der Waals surface area contributed by atoms with E-state index in [2.05, 4.69) is 30.9 Å². The molecule has 37 heavy (non-hydrogen) atoms. The monoisotopic (exact) mass is 520 g/mol. The van der Waals surface area contributed by atoms with Crippen LogP contribution in [0.5, 0.6) is 0 Å². The standard InChI is InChI=1S/C25H18ClFN6O4/c1-12-19(22(34)31-18-11-13(23(35)36)9-10-28-18)20(14-5-2-3-6-15(14)26)32-24(29-12)33-25-30-17-8-4-7-16(27)21(17)37-25/h2-11,20H,1H3,(H,35,36)(H,28,31,34)(H2,29,30,32,33). The van der Waals surface area contributed by atoms with Crippen LogP contribution in [0.25, 0.3) is 11.1 Å². The van der Waals surface area contributed by atoms with Crippen LogP contribution >= 0.6 is 11.6 Å². The van der Waals surface area contributed by atoms with E-state index < -0.39 is 23.7 Å². The Morgan fingerprint density at radius 3 is 2.73 bits per heavy atom. The lowest BCUT2D eigenvalue weighted by atomic mass is 9.95. The molecule has 1 amide bonds. The number of halogens is 2. The molecule has 0 aliphatic carbocycles. The molecule has 186 valence electrons. The number of oxazole rings is 1. The van der Waals surface area contributed by atoms with Gasteiger partial charge in [-0.25, -0.2) is 19.2 Å². The number of benzene rings is 2. The third kappa shape index (κ3) is 4.84. The van der Waals surface area contributed by atoms with Gasteiger partial charge < -0.3 is 20.2 Å². The van der Waals surface area contributed by atoms with Crippen molar-refractivity contribution in [2.75, 3.05) is 10.6 Å². The Balaban J connectivity index is 1.49. The van der Waals surface area contributed by atoms with Gasteiger partial charge in [0, 0.05) is 22.5 Å². The number of hydrogen-bond acceptors (Lipinski definition) is 8. The van der Waals surface area contributed by atoms with Gasteiger partial charge in [-0.15, -0.1) is 0 Å². The molecular weight excluding hydrogens is 503 g/mol. The summed E-state index contributed by atoms with van der Waals surface area (Å²) in [5.41, 5.74) is 1.49. The summed E-state index contributed by atoms with van der Waals surface area (Å²) in [6.45, 7) is 1.67. The van der Waals surface area contributed by atoms with Crippen LogP contribution in [0.1, 0.15) is 28.9 Å². The summed E-state index contributed by atoms with van der Waals surface area (Å²) >= 11 is 6.46. The van der Waals surface area contributed by atoms with Gasteiger partial charge in [0.15, 0.2) is 11.4 Å². The van der Waals surface area contributed by atoms with Gasteiger partial charge in [-0.2, -0.15) is 4.98 Å². The molecular formula is C25H18ClFN6O4. The Bertz CT molecular complexity index is 1620. The summed E-state index contributed by atoms with van der Waals surface area (Å²) in [6.07, 6.45) is 1.29. The molecule has 0 spiro atoms. The highest BCUT2D eigenvalue weighted by Gasteiger charge is 2.31. The zero-order valence-corrected chi connectivity index (χ0v) is 19.9. The largest absolute Gasteiger partial charge is 0.478 e. The fourth-order valence-electron chi connectivity index (χ4n) is 3.84. The molecule has 4 aromatic rings. The summed E-state index contributed by atoms with van der Waals surface area (Å²) in [5, 5.41) is 18.1. The van der Waals surface area contributed by atoms with Crippen LogP contribution in [0.2, 0.25) is 5.02 Å².